The van der Waals surface area contributed by atoms with Crippen LogP contribution < -0.4 is 5.73 Å². The summed E-state index contributed by atoms with van der Waals surface area (Å²) in [5, 5.41) is 0. The fourth-order valence-corrected chi connectivity index (χ4v) is 1.61. The van der Waals surface area contributed by atoms with Crippen LogP contribution in [0.15, 0.2) is 36.5 Å². The predicted molar refractivity (Wildman–Crippen MR) is 60.3 cm³/mol. The summed E-state index contributed by atoms with van der Waals surface area (Å²) >= 11 is 0. The molecular weight excluding hydrogens is 186 g/mol. The van der Waals surface area contributed by atoms with Crippen LogP contribution in [-0.4, -0.2) is 9.55 Å². The maximum atomic E-state index is 5.55. The van der Waals surface area contributed by atoms with Crippen molar-refractivity contribution in [2.24, 2.45) is 12.8 Å². The van der Waals surface area contributed by atoms with Gasteiger partial charge in [-0.1, -0.05) is 30.3 Å². The molecule has 2 rings (SSSR count). The van der Waals surface area contributed by atoms with E-state index in [2.05, 4.69) is 17.1 Å². The molecule has 2 aromatic rings. The fourth-order valence-electron chi connectivity index (χ4n) is 1.61. The van der Waals surface area contributed by atoms with Gasteiger partial charge in [-0.15, -0.1) is 0 Å². The summed E-state index contributed by atoms with van der Waals surface area (Å²) in [4.78, 5) is 4.46. The lowest BCUT2D eigenvalue weighted by atomic mass is 10.1. The molecule has 0 fully saturated rings. The lowest BCUT2D eigenvalue weighted by Crippen LogP contribution is -1.98. The van der Waals surface area contributed by atoms with Crippen LogP contribution >= 0.6 is 0 Å². The lowest BCUT2D eigenvalue weighted by molar-refractivity contribution is 0.821. The number of rotatable bonds is 3. The Morgan fingerprint density at radius 3 is 2.60 bits per heavy atom. The Morgan fingerprint density at radius 2 is 2.00 bits per heavy atom. The first-order chi connectivity index (χ1) is 7.29. The Hall–Kier alpha value is -1.61. The van der Waals surface area contributed by atoms with E-state index >= 15 is 0 Å². The van der Waals surface area contributed by atoms with Gasteiger partial charge in [0.1, 0.15) is 5.82 Å². The van der Waals surface area contributed by atoms with Crippen molar-refractivity contribution >= 4 is 0 Å². The number of nitrogens with two attached hydrogens (primary N) is 1. The van der Waals surface area contributed by atoms with Crippen molar-refractivity contribution in [3.05, 3.63) is 53.6 Å². The SMILES string of the molecule is Cn1cc(CN)nc1Cc1ccccc1. The summed E-state index contributed by atoms with van der Waals surface area (Å²) in [7, 11) is 2.00. The number of benzene rings is 1. The number of hydrogen-bond acceptors (Lipinski definition) is 2. The minimum absolute atomic E-state index is 0.503. The molecule has 3 heteroatoms. The quantitative estimate of drug-likeness (QED) is 0.817. The molecular formula is C12H15N3. The summed E-state index contributed by atoms with van der Waals surface area (Å²) in [6.07, 6.45) is 2.84. The molecule has 2 N–H and O–H groups in total. The third kappa shape index (κ3) is 2.25. The van der Waals surface area contributed by atoms with E-state index in [-0.39, 0.29) is 0 Å². The van der Waals surface area contributed by atoms with E-state index in [1.165, 1.54) is 5.56 Å². The molecule has 3 nitrogen and oxygen atoms in total. The molecule has 15 heavy (non-hydrogen) atoms. The maximum Gasteiger partial charge on any atom is 0.113 e. The largest absolute Gasteiger partial charge is 0.337 e. The van der Waals surface area contributed by atoms with Gasteiger partial charge in [0.2, 0.25) is 0 Å². The highest BCUT2D eigenvalue weighted by Gasteiger charge is 2.04. The molecule has 1 aromatic heterocycles. The topological polar surface area (TPSA) is 43.8 Å². The molecule has 0 unspecified atom stereocenters. The van der Waals surface area contributed by atoms with Gasteiger partial charge in [0.05, 0.1) is 5.69 Å². The second kappa shape index (κ2) is 4.28. The first kappa shape index (κ1) is 9.93. The van der Waals surface area contributed by atoms with Gasteiger partial charge in [-0.2, -0.15) is 0 Å². The zero-order valence-electron chi connectivity index (χ0n) is 8.85. The van der Waals surface area contributed by atoms with Crippen molar-refractivity contribution in [3.8, 4) is 0 Å². The molecule has 0 spiro atoms. The van der Waals surface area contributed by atoms with Gasteiger partial charge in [-0.05, 0) is 5.56 Å². The third-order valence-corrected chi connectivity index (χ3v) is 2.44. The van der Waals surface area contributed by atoms with Crippen molar-refractivity contribution in [2.45, 2.75) is 13.0 Å². The average molecular weight is 201 g/mol. The number of nitrogens with zero attached hydrogens (tertiary/aromatic N) is 2. The van der Waals surface area contributed by atoms with Crippen LogP contribution in [0.2, 0.25) is 0 Å². The molecule has 0 amide bonds. The molecule has 1 heterocycles. The third-order valence-electron chi connectivity index (χ3n) is 2.44. The van der Waals surface area contributed by atoms with Gasteiger partial charge >= 0.3 is 0 Å². The molecule has 0 aliphatic rings. The Kier molecular flexibility index (Phi) is 2.83. The summed E-state index contributed by atoms with van der Waals surface area (Å²) in [5.74, 6) is 1.06. The summed E-state index contributed by atoms with van der Waals surface area (Å²) in [6.45, 7) is 0.503. The van der Waals surface area contributed by atoms with E-state index in [0.717, 1.165) is 17.9 Å². The van der Waals surface area contributed by atoms with Crippen molar-refractivity contribution in [1.29, 1.82) is 0 Å². The number of hydrogen-bond donors (Lipinski definition) is 1. The number of aryl methyl sites for hydroxylation is 1. The van der Waals surface area contributed by atoms with E-state index in [9.17, 15) is 0 Å². The lowest BCUT2D eigenvalue weighted by Gasteiger charge is -2.00. The fraction of sp³-hybridized carbons (Fsp3) is 0.250. The van der Waals surface area contributed by atoms with Crippen LogP contribution in [0.1, 0.15) is 17.1 Å². The van der Waals surface area contributed by atoms with Crippen molar-refractivity contribution in [1.82, 2.24) is 9.55 Å². The Labute approximate surface area is 89.6 Å². The molecule has 1 aromatic carbocycles. The van der Waals surface area contributed by atoms with E-state index in [1.807, 2.05) is 36.0 Å². The van der Waals surface area contributed by atoms with Crippen LogP contribution in [0, 0.1) is 0 Å². The van der Waals surface area contributed by atoms with Gasteiger partial charge in [0.15, 0.2) is 0 Å². The van der Waals surface area contributed by atoms with Crippen molar-refractivity contribution < 1.29 is 0 Å². The van der Waals surface area contributed by atoms with Crippen molar-refractivity contribution in [2.75, 3.05) is 0 Å². The second-order valence-electron chi connectivity index (χ2n) is 3.63. The van der Waals surface area contributed by atoms with Gasteiger partial charge < -0.3 is 10.3 Å². The Bertz CT molecular complexity index is 431. The van der Waals surface area contributed by atoms with Crippen LogP contribution in [0.4, 0.5) is 0 Å². The molecule has 0 saturated carbocycles. The zero-order chi connectivity index (χ0) is 10.7. The average Bonchev–Trinajstić information content (AvgIpc) is 2.61. The Balaban J connectivity index is 2.21. The van der Waals surface area contributed by atoms with Crippen LogP contribution in [0.25, 0.3) is 0 Å². The molecule has 0 bridgehead atoms. The summed E-state index contributed by atoms with van der Waals surface area (Å²) < 4.78 is 2.04. The molecule has 78 valence electrons. The zero-order valence-corrected chi connectivity index (χ0v) is 8.85. The van der Waals surface area contributed by atoms with Gasteiger partial charge in [-0.25, -0.2) is 4.98 Å². The van der Waals surface area contributed by atoms with Crippen LogP contribution in [0.5, 0.6) is 0 Å². The highest BCUT2D eigenvalue weighted by Crippen LogP contribution is 2.08. The van der Waals surface area contributed by atoms with Crippen LogP contribution in [-0.2, 0) is 20.0 Å². The standard InChI is InChI=1S/C12H15N3/c1-15-9-11(8-13)14-12(15)7-10-5-3-2-4-6-10/h2-6,9H,7-8,13H2,1H3. The highest BCUT2D eigenvalue weighted by molar-refractivity contribution is 5.20. The Morgan fingerprint density at radius 1 is 1.27 bits per heavy atom. The minimum Gasteiger partial charge on any atom is -0.337 e. The molecule has 0 saturated heterocycles. The normalized spacial score (nSPS) is 10.5. The number of imidazole rings is 1. The number of aromatic nitrogens is 2. The predicted octanol–water partition coefficient (Wildman–Crippen LogP) is 1.47. The van der Waals surface area contributed by atoms with Crippen molar-refractivity contribution in [3.63, 3.8) is 0 Å². The van der Waals surface area contributed by atoms with Crippen LogP contribution in [0.3, 0.4) is 0 Å². The van der Waals surface area contributed by atoms with E-state index in [4.69, 9.17) is 5.73 Å². The highest BCUT2D eigenvalue weighted by atomic mass is 15.0. The summed E-state index contributed by atoms with van der Waals surface area (Å²) in [6, 6.07) is 10.3. The van der Waals surface area contributed by atoms with E-state index in [1.54, 1.807) is 0 Å². The minimum atomic E-state index is 0.503. The van der Waals surface area contributed by atoms with E-state index in [0.29, 0.717) is 6.54 Å². The van der Waals surface area contributed by atoms with E-state index < -0.39 is 0 Å². The van der Waals surface area contributed by atoms with Gasteiger partial charge in [0, 0.05) is 26.2 Å². The first-order valence-electron chi connectivity index (χ1n) is 5.04. The molecule has 0 aliphatic carbocycles. The molecule has 0 aliphatic heterocycles. The second-order valence-corrected chi connectivity index (χ2v) is 3.63. The molecule has 0 radical (unpaired) electrons. The van der Waals surface area contributed by atoms with Gasteiger partial charge in [0.25, 0.3) is 0 Å². The monoisotopic (exact) mass is 201 g/mol. The smallest absolute Gasteiger partial charge is 0.113 e. The van der Waals surface area contributed by atoms with Gasteiger partial charge in [-0.3, -0.25) is 0 Å². The first-order valence-corrected chi connectivity index (χ1v) is 5.04. The maximum absolute atomic E-state index is 5.55. The summed E-state index contributed by atoms with van der Waals surface area (Å²) in [5.41, 5.74) is 7.77. The molecule has 0 atom stereocenters.